The summed E-state index contributed by atoms with van der Waals surface area (Å²) in [7, 11) is 0. The Kier molecular flexibility index (Phi) is 3.80. The van der Waals surface area contributed by atoms with Gasteiger partial charge in [-0.1, -0.05) is 0 Å². The van der Waals surface area contributed by atoms with E-state index in [9.17, 15) is 17.6 Å². The Morgan fingerprint density at radius 1 is 1.35 bits per heavy atom. The molecule has 108 valence electrons. The Balaban J connectivity index is 2.44. The highest BCUT2D eigenvalue weighted by Crippen LogP contribution is 2.29. The highest BCUT2D eigenvalue weighted by atomic mass is 19.4. The van der Waals surface area contributed by atoms with Crippen LogP contribution in [0.4, 0.5) is 17.6 Å². The van der Waals surface area contributed by atoms with E-state index in [2.05, 4.69) is 5.10 Å². The van der Waals surface area contributed by atoms with Crippen molar-refractivity contribution in [2.75, 3.05) is 0 Å². The zero-order valence-electron chi connectivity index (χ0n) is 10.7. The zero-order valence-corrected chi connectivity index (χ0v) is 10.7. The van der Waals surface area contributed by atoms with Crippen molar-refractivity contribution in [2.45, 2.75) is 25.6 Å². The van der Waals surface area contributed by atoms with Crippen molar-refractivity contribution in [3.8, 4) is 5.69 Å². The van der Waals surface area contributed by atoms with Crippen molar-refractivity contribution in [1.82, 2.24) is 9.78 Å². The molecule has 20 heavy (non-hydrogen) atoms. The normalized spacial score (nSPS) is 13.5. The molecule has 3 nitrogen and oxygen atoms in total. The largest absolute Gasteiger partial charge is 0.419 e. The summed E-state index contributed by atoms with van der Waals surface area (Å²) < 4.78 is 52.0. The predicted octanol–water partition coefficient (Wildman–Crippen LogP) is 2.92. The lowest BCUT2D eigenvalue weighted by atomic mass is 10.1. The van der Waals surface area contributed by atoms with Gasteiger partial charge < -0.3 is 5.73 Å². The molecule has 0 aliphatic rings. The summed E-state index contributed by atoms with van der Waals surface area (Å²) >= 11 is 0. The first-order valence-electron chi connectivity index (χ1n) is 5.93. The second-order valence-electron chi connectivity index (χ2n) is 4.63. The molecule has 0 spiro atoms. The molecule has 0 aliphatic heterocycles. The number of benzene rings is 1. The maximum absolute atomic E-state index is 13.3. The maximum Gasteiger partial charge on any atom is 0.419 e. The lowest BCUT2D eigenvalue weighted by Crippen LogP contribution is -2.19. The molecule has 1 heterocycles. The molecule has 1 aromatic carbocycles. The third-order valence-corrected chi connectivity index (χ3v) is 2.74. The van der Waals surface area contributed by atoms with Crippen molar-refractivity contribution in [1.29, 1.82) is 0 Å². The van der Waals surface area contributed by atoms with Gasteiger partial charge in [0.1, 0.15) is 5.82 Å². The van der Waals surface area contributed by atoms with Crippen molar-refractivity contribution in [3.05, 3.63) is 47.5 Å². The topological polar surface area (TPSA) is 43.8 Å². The molecule has 2 rings (SSSR count). The molecule has 0 fully saturated rings. The molecule has 0 saturated carbocycles. The van der Waals surface area contributed by atoms with Crippen LogP contribution < -0.4 is 5.73 Å². The van der Waals surface area contributed by atoms with E-state index in [1.54, 1.807) is 6.92 Å². The van der Waals surface area contributed by atoms with Crippen LogP contribution in [0, 0.1) is 5.82 Å². The number of nitrogens with two attached hydrogens (primary N) is 1. The van der Waals surface area contributed by atoms with Gasteiger partial charge in [0, 0.05) is 12.2 Å². The molecule has 1 atom stereocenters. The fraction of sp³-hybridized carbons (Fsp3) is 0.308. The lowest BCUT2D eigenvalue weighted by Gasteiger charge is -2.12. The fourth-order valence-electron chi connectivity index (χ4n) is 1.89. The SMILES string of the molecule is CC(N)Cc1cc(F)ccc1-n1cc(C(F)(F)F)cn1. The van der Waals surface area contributed by atoms with Crippen LogP contribution in [-0.2, 0) is 12.6 Å². The van der Waals surface area contributed by atoms with E-state index in [0.29, 0.717) is 17.7 Å². The number of nitrogens with zero attached hydrogens (tertiary/aromatic N) is 2. The summed E-state index contributed by atoms with van der Waals surface area (Å²) in [6.45, 7) is 1.74. The van der Waals surface area contributed by atoms with Crippen LogP contribution in [0.3, 0.4) is 0 Å². The average molecular weight is 287 g/mol. The first-order valence-corrected chi connectivity index (χ1v) is 5.93. The summed E-state index contributed by atoms with van der Waals surface area (Å²) in [6, 6.07) is 3.58. The number of halogens is 4. The second-order valence-corrected chi connectivity index (χ2v) is 4.63. The van der Waals surface area contributed by atoms with Crippen molar-refractivity contribution in [3.63, 3.8) is 0 Å². The van der Waals surface area contributed by atoms with Gasteiger partial charge in [0.05, 0.1) is 17.4 Å². The smallest absolute Gasteiger partial charge is 0.328 e. The molecular weight excluding hydrogens is 274 g/mol. The molecule has 2 aromatic rings. The molecule has 0 saturated heterocycles. The summed E-state index contributed by atoms with van der Waals surface area (Å²) in [5, 5.41) is 3.68. The third kappa shape index (κ3) is 3.16. The Labute approximate surface area is 113 Å². The molecule has 2 N–H and O–H groups in total. The van der Waals surface area contributed by atoms with Gasteiger partial charge in [0.2, 0.25) is 0 Å². The van der Waals surface area contributed by atoms with E-state index < -0.39 is 17.6 Å². The summed E-state index contributed by atoms with van der Waals surface area (Å²) in [5.74, 6) is -0.465. The Bertz CT molecular complexity index is 602. The highest BCUT2D eigenvalue weighted by Gasteiger charge is 2.32. The van der Waals surface area contributed by atoms with E-state index in [1.165, 1.54) is 18.2 Å². The van der Waals surface area contributed by atoms with Gasteiger partial charge in [0.25, 0.3) is 0 Å². The first-order chi connectivity index (χ1) is 9.27. The summed E-state index contributed by atoms with van der Waals surface area (Å²) in [6.07, 6.45) is -2.51. The number of rotatable bonds is 3. The van der Waals surface area contributed by atoms with Crippen LogP contribution in [-0.4, -0.2) is 15.8 Å². The quantitative estimate of drug-likeness (QED) is 0.882. The highest BCUT2D eigenvalue weighted by molar-refractivity contribution is 5.41. The third-order valence-electron chi connectivity index (χ3n) is 2.74. The molecule has 0 amide bonds. The average Bonchev–Trinajstić information content (AvgIpc) is 2.77. The molecule has 1 unspecified atom stereocenters. The molecule has 0 aliphatic carbocycles. The molecular formula is C13H13F4N3. The Morgan fingerprint density at radius 2 is 2.05 bits per heavy atom. The van der Waals surface area contributed by atoms with Crippen molar-refractivity contribution in [2.24, 2.45) is 5.73 Å². The van der Waals surface area contributed by atoms with Crippen LogP contribution in [0.25, 0.3) is 5.69 Å². The van der Waals surface area contributed by atoms with Gasteiger partial charge in [-0.25, -0.2) is 9.07 Å². The van der Waals surface area contributed by atoms with E-state index in [0.717, 1.165) is 17.1 Å². The van der Waals surface area contributed by atoms with E-state index in [4.69, 9.17) is 5.73 Å². The van der Waals surface area contributed by atoms with Gasteiger partial charge in [-0.3, -0.25) is 0 Å². The van der Waals surface area contributed by atoms with Crippen LogP contribution in [0.1, 0.15) is 18.1 Å². The van der Waals surface area contributed by atoms with E-state index in [1.807, 2.05) is 0 Å². The Hall–Kier alpha value is -1.89. The number of hydrogen-bond donors (Lipinski definition) is 1. The molecule has 1 aromatic heterocycles. The molecule has 0 radical (unpaired) electrons. The van der Waals surface area contributed by atoms with Crippen molar-refractivity contribution >= 4 is 0 Å². The first kappa shape index (κ1) is 14.5. The van der Waals surface area contributed by atoms with Gasteiger partial charge >= 0.3 is 6.18 Å². The lowest BCUT2D eigenvalue weighted by molar-refractivity contribution is -0.137. The van der Waals surface area contributed by atoms with Crippen molar-refractivity contribution < 1.29 is 17.6 Å². The summed E-state index contributed by atoms with van der Waals surface area (Å²) in [5.41, 5.74) is 5.71. The van der Waals surface area contributed by atoms with Gasteiger partial charge in [-0.15, -0.1) is 0 Å². The van der Waals surface area contributed by atoms with Crippen LogP contribution >= 0.6 is 0 Å². The van der Waals surface area contributed by atoms with Gasteiger partial charge in [-0.05, 0) is 37.1 Å². The standard InChI is InChI=1S/C13H13F4N3/c1-8(18)4-9-5-11(14)2-3-12(9)20-7-10(6-19-20)13(15,16)17/h2-3,5-8H,4,18H2,1H3. The van der Waals surface area contributed by atoms with Crippen LogP contribution in [0.15, 0.2) is 30.6 Å². The number of hydrogen-bond acceptors (Lipinski definition) is 2. The van der Waals surface area contributed by atoms with Gasteiger partial charge in [0.15, 0.2) is 0 Å². The van der Waals surface area contributed by atoms with E-state index in [-0.39, 0.29) is 6.04 Å². The predicted molar refractivity (Wildman–Crippen MR) is 65.9 cm³/mol. The molecule has 7 heteroatoms. The number of alkyl halides is 3. The van der Waals surface area contributed by atoms with Gasteiger partial charge in [-0.2, -0.15) is 18.3 Å². The van der Waals surface area contributed by atoms with Crippen LogP contribution in [0.5, 0.6) is 0 Å². The Morgan fingerprint density at radius 3 is 2.60 bits per heavy atom. The second kappa shape index (κ2) is 5.24. The minimum atomic E-state index is -4.46. The van der Waals surface area contributed by atoms with E-state index >= 15 is 0 Å². The number of aromatic nitrogens is 2. The summed E-state index contributed by atoms with van der Waals surface area (Å²) in [4.78, 5) is 0. The fourth-order valence-corrected chi connectivity index (χ4v) is 1.89. The minimum Gasteiger partial charge on any atom is -0.328 e. The van der Waals surface area contributed by atoms with Crippen LogP contribution in [0.2, 0.25) is 0 Å². The minimum absolute atomic E-state index is 0.242. The zero-order chi connectivity index (χ0) is 14.9. The maximum atomic E-state index is 13.3. The molecule has 0 bridgehead atoms. The monoisotopic (exact) mass is 287 g/mol.